The summed E-state index contributed by atoms with van der Waals surface area (Å²) >= 11 is 0. The molecule has 0 aromatic heterocycles. The van der Waals surface area contributed by atoms with E-state index in [0.717, 1.165) is 32.0 Å². The van der Waals surface area contributed by atoms with Crippen molar-refractivity contribution in [3.05, 3.63) is 0 Å². The van der Waals surface area contributed by atoms with Crippen LogP contribution in [0.15, 0.2) is 0 Å². The monoisotopic (exact) mass is 269 g/mol. The Labute approximate surface area is 116 Å². The van der Waals surface area contributed by atoms with Gasteiger partial charge in [0.15, 0.2) is 0 Å². The molecule has 1 atom stereocenters. The zero-order valence-corrected chi connectivity index (χ0v) is 12.4. The van der Waals surface area contributed by atoms with E-state index in [4.69, 9.17) is 4.74 Å². The van der Waals surface area contributed by atoms with Crippen molar-refractivity contribution in [3.8, 4) is 0 Å². The quantitative estimate of drug-likeness (QED) is 0.753. The molecule has 1 saturated carbocycles. The van der Waals surface area contributed by atoms with Gasteiger partial charge in [-0.2, -0.15) is 0 Å². The maximum Gasteiger partial charge on any atom is 0.407 e. The van der Waals surface area contributed by atoms with Gasteiger partial charge in [-0.3, -0.25) is 0 Å². The zero-order valence-electron chi connectivity index (χ0n) is 12.4. The van der Waals surface area contributed by atoms with Crippen LogP contribution in [0.3, 0.4) is 0 Å². The minimum absolute atomic E-state index is 0.246. The number of amides is 1. The molecule has 1 fully saturated rings. The Kier molecular flexibility index (Phi) is 6.32. The van der Waals surface area contributed by atoms with Crippen molar-refractivity contribution >= 4 is 12.4 Å². The van der Waals surface area contributed by atoms with Crippen molar-refractivity contribution in [2.75, 3.05) is 6.61 Å². The van der Waals surface area contributed by atoms with Crippen LogP contribution >= 0.6 is 0 Å². The maximum absolute atomic E-state index is 11.8. The van der Waals surface area contributed by atoms with Crippen LogP contribution in [0.1, 0.15) is 59.3 Å². The smallest absolute Gasteiger partial charge is 0.407 e. The molecule has 0 heterocycles. The van der Waals surface area contributed by atoms with E-state index in [-0.39, 0.29) is 5.92 Å². The number of ether oxygens (including phenoxy) is 1. The summed E-state index contributed by atoms with van der Waals surface area (Å²) in [6.07, 6.45) is 6.61. The second-order valence-corrected chi connectivity index (χ2v) is 5.96. The largest absolute Gasteiger partial charge is 0.449 e. The van der Waals surface area contributed by atoms with Crippen LogP contribution in [0.25, 0.3) is 0 Å². The lowest BCUT2D eigenvalue weighted by Gasteiger charge is -2.38. The molecule has 1 N–H and O–H groups in total. The summed E-state index contributed by atoms with van der Waals surface area (Å²) in [5.41, 5.74) is -0.742. The molecule has 1 amide bonds. The van der Waals surface area contributed by atoms with Gasteiger partial charge in [-0.25, -0.2) is 4.79 Å². The number of aldehydes is 1. The summed E-state index contributed by atoms with van der Waals surface area (Å²) in [7, 11) is 0. The van der Waals surface area contributed by atoms with Gasteiger partial charge in [0.2, 0.25) is 0 Å². The van der Waals surface area contributed by atoms with E-state index in [1.54, 1.807) is 0 Å². The van der Waals surface area contributed by atoms with E-state index in [9.17, 15) is 9.59 Å². The van der Waals surface area contributed by atoms with Gasteiger partial charge >= 0.3 is 6.09 Å². The molecule has 0 aromatic rings. The number of alkyl carbamates (subject to hydrolysis) is 1. The second-order valence-electron chi connectivity index (χ2n) is 5.96. The predicted molar refractivity (Wildman–Crippen MR) is 75.0 cm³/mol. The van der Waals surface area contributed by atoms with Crippen LogP contribution in [0.2, 0.25) is 0 Å². The van der Waals surface area contributed by atoms with Crippen molar-refractivity contribution in [2.45, 2.75) is 64.8 Å². The summed E-state index contributed by atoms with van der Waals surface area (Å²) in [6.45, 7) is 6.31. The minimum Gasteiger partial charge on any atom is -0.449 e. The van der Waals surface area contributed by atoms with Crippen molar-refractivity contribution in [1.29, 1.82) is 0 Å². The Hall–Kier alpha value is -1.06. The lowest BCUT2D eigenvalue weighted by Crippen LogP contribution is -2.55. The molecule has 0 bridgehead atoms. The molecular weight excluding hydrogens is 242 g/mol. The SMILES string of the molecule is CC[C@](C=O)(NC(=O)OCC(C)C)C1CCCCC1. The number of nitrogens with one attached hydrogen (secondary N) is 1. The van der Waals surface area contributed by atoms with Crippen molar-refractivity contribution in [2.24, 2.45) is 11.8 Å². The molecule has 0 saturated heterocycles. The molecule has 0 aliphatic heterocycles. The van der Waals surface area contributed by atoms with Crippen LogP contribution in [0.4, 0.5) is 4.79 Å². The third-order valence-corrected chi connectivity index (χ3v) is 4.01. The van der Waals surface area contributed by atoms with E-state index >= 15 is 0 Å². The van der Waals surface area contributed by atoms with Gasteiger partial charge in [0.1, 0.15) is 11.8 Å². The predicted octanol–water partition coefficient (Wildman–Crippen LogP) is 3.30. The molecule has 0 aromatic carbocycles. The van der Waals surface area contributed by atoms with Crippen molar-refractivity contribution < 1.29 is 14.3 Å². The van der Waals surface area contributed by atoms with Gasteiger partial charge in [-0.15, -0.1) is 0 Å². The van der Waals surface area contributed by atoms with Crippen LogP contribution in [-0.4, -0.2) is 24.5 Å². The van der Waals surface area contributed by atoms with Gasteiger partial charge in [-0.05, 0) is 31.1 Å². The second kappa shape index (κ2) is 7.51. The molecule has 0 unspecified atom stereocenters. The molecule has 19 heavy (non-hydrogen) atoms. The Morgan fingerprint density at radius 2 is 2.00 bits per heavy atom. The first-order valence-electron chi connectivity index (χ1n) is 7.45. The lowest BCUT2D eigenvalue weighted by atomic mass is 9.74. The van der Waals surface area contributed by atoms with E-state index in [2.05, 4.69) is 5.32 Å². The minimum atomic E-state index is -0.742. The van der Waals surface area contributed by atoms with Crippen molar-refractivity contribution in [1.82, 2.24) is 5.32 Å². The maximum atomic E-state index is 11.8. The highest BCUT2D eigenvalue weighted by Crippen LogP contribution is 2.33. The van der Waals surface area contributed by atoms with E-state index in [0.29, 0.717) is 18.9 Å². The first-order chi connectivity index (χ1) is 9.04. The Balaban J connectivity index is 2.64. The first-order valence-corrected chi connectivity index (χ1v) is 7.45. The number of hydrogen-bond donors (Lipinski definition) is 1. The summed E-state index contributed by atoms with van der Waals surface area (Å²) in [6, 6.07) is 0. The fourth-order valence-electron chi connectivity index (χ4n) is 2.77. The molecule has 0 spiro atoms. The molecule has 1 aliphatic carbocycles. The number of rotatable bonds is 6. The average Bonchev–Trinajstić information content (AvgIpc) is 2.43. The van der Waals surface area contributed by atoms with Crippen molar-refractivity contribution in [3.63, 3.8) is 0 Å². The highest BCUT2D eigenvalue weighted by molar-refractivity contribution is 5.76. The van der Waals surface area contributed by atoms with Gasteiger partial charge in [0.25, 0.3) is 0 Å². The lowest BCUT2D eigenvalue weighted by molar-refractivity contribution is -0.116. The molecule has 0 radical (unpaired) electrons. The summed E-state index contributed by atoms with van der Waals surface area (Å²) in [5.74, 6) is 0.544. The molecule has 1 aliphatic rings. The van der Waals surface area contributed by atoms with Gasteiger partial charge < -0.3 is 14.8 Å². The number of carbonyl (C=O) groups excluding carboxylic acids is 2. The average molecular weight is 269 g/mol. The Bertz CT molecular complexity index is 298. The fraction of sp³-hybridized carbons (Fsp3) is 0.867. The van der Waals surface area contributed by atoms with Crippen LogP contribution in [0, 0.1) is 11.8 Å². The first kappa shape index (κ1) is 16.0. The summed E-state index contributed by atoms with van der Waals surface area (Å²) in [5, 5.41) is 2.83. The third kappa shape index (κ3) is 4.51. The van der Waals surface area contributed by atoms with Gasteiger partial charge in [0, 0.05) is 0 Å². The zero-order chi connectivity index (χ0) is 14.3. The van der Waals surface area contributed by atoms with E-state index in [1.165, 1.54) is 6.42 Å². The Morgan fingerprint density at radius 1 is 1.37 bits per heavy atom. The molecule has 4 heteroatoms. The number of carbonyl (C=O) groups is 2. The van der Waals surface area contributed by atoms with Gasteiger partial charge in [0.05, 0.1) is 6.61 Å². The van der Waals surface area contributed by atoms with Gasteiger partial charge in [-0.1, -0.05) is 40.0 Å². The molecule has 1 rings (SSSR count). The topological polar surface area (TPSA) is 55.4 Å². The third-order valence-electron chi connectivity index (χ3n) is 4.01. The van der Waals surface area contributed by atoms with Crippen LogP contribution in [0.5, 0.6) is 0 Å². The standard InChI is InChI=1S/C15H27NO3/c1-4-15(11-17,13-8-6-5-7-9-13)16-14(18)19-10-12(2)3/h11-13H,4-10H2,1-3H3,(H,16,18)/t15-/m1/s1. The Morgan fingerprint density at radius 3 is 2.47 bits per heavy atom. The fourth-order valence-corrected chi connectivity index (χ4v) is 2.77. The molecular formula is C15H27NO3. The van der Waals surface area contributed by atoms with E-state index in [1.807, 2.05) is 20.8 Å². The normalized spacial score (nSPS) is 19.8. The highest BCUT2D eigenvalue weighted by atomic mass is 16.5. The van der Waals surface area contributed by atoms with Crippen LogP contribution in [-0.2, 0) is 9.53 Å². The van der Waals surface area contributed by atoms with Crippen LogP contribution < -0.4 is 5.32 Å². The molecule has 110 valence electrons. The summed E-state index contributed by atoms with van der Waals surface area (Å²) in [4.78, 5) is 23.4. The number of hydrogen-bond acceptors (Lipinski definition) is 3. The molecule has 4 nitrogen and oxygen atoms in total. The highest BCUT2D eigenvalue weighted by Gasteiger charge is 2.39. The summed E-state index contributed by atoms with van der Waals surface area (Å²) < 4.78 is 5.14. The van der Waals surface area contributed by atoms with E-state index < -0.39 is 11.6 Å².